The highest BCUT2D eigenvalue weighted by Crippen LogP contribution is 2.26. The van der Waals surface area contributed by atoms with Crippen molar-refractivity contribution in [1.82, 2.24) is 14.9 Å². The Morgan fingerprint density at radius 3 is 2.75 bits per heavy atom. The molecule has 24 heavy (non-hydrogen) atoms. The first-order valence-corrected chi connectivity index (χ1v) is 8.10. The predicted octanol–water partition coefficient (Wildman–Crippen LogP) is 2.04. The summed E-state index contributed by atoms with van der Waals surface area (Å²) < 4.78 is 0. The first kappa shape index (κ1) is 16.5. The third-order valence-corrected chi connectivity index (χ3v) is 4.32. The quantitative estimate of drug-likeness (QED) is 0.734. The maximum Gasteiger partial charge on any atom is 0.254 e. The highest BCUT2D eigenvalue weighted by atomic mass is 16.3. The van der Waals surface area contributed by atoms with E-state index < -0.39 is 0 Å². The Bertz CT molecular complexity index is 821. The normalized spacial score (nSPS) is 15.3. The number of benzene rings is 1. The van der Waals surface area contributed by atoms with Gasteiger partial charge in [-0.1, -0.05) is 20.8 Å². The van der Waals surface area contributed by atoms with Crippen LogP contribution < -0.4 is 5.56 Å². The zero-order chi connectivity index (χ0) is 17.5. The van der Waals surface area contributed by atoms with Gasteiger partial charge in [-0.05, 0) is 24.6 Å². The fourth-order valence-electron chi connectivity index (χ4n) is 2.92. The van der Waals surface area contributed by atoms with E-state index in [4.69, 9.17) is 0 Å². The fourth-order valence-corrected chi connectivity index (χ4v) is 2.92. The summed E-state index contributed by atoms with van der Waals surface area (Å²) in [6.45, 7) is 7.81. The number of aromatic amines is 1. The molecular formula is C18H23N3O3. The molecule has 0 bridgehead atoms. The monoisotopic (exact) mass is 329 g/mol. The lowest BCUT2D eigenvalue weighted by Crippen LogP contribution is -2.36. The Morgan fingerprint density at radius 2 is 2.04 bits per heavy atom. The van der Waals surface area contributed by atoms with Crippen LogP contribution in [0.3, 0.4) is 0 Å². The van der Waals surface area contributed by atoms with Crippen molar-refractivity contribution < 1.29 is 10.2 Å². The molecule has 0 saturated heterocycles. The predicted molar refractivity (Wildman–Crippen MR) is 91.1 cm³/mol. The molecule has 0 fully saturated rings. The van der Waals surface area contributed by atoms with E-state index in [1.165, 1.54) is 12.1 Å². The lowest BCUT2D eigenvalue weighted by atomic mass is 9.95. The van der Waals surface area contributed by atoms with Crippen molar-refractivity contribution in [3.05, 3.63) is 51.2 Å². The van der Waals surface area contributed by atoms with Crippen LogP contribution in [0.15, 0.2) is 23.0 Å². The standard InChI is InChI=1S/C18H23N3O3/c1-18(2,3)17-19-14-10-21(7-6-13(14)16(24)20-17)9-11-8-12(22)4-5-15(11)23/h4-5,8,22-23H,6-7,9-10H2,1-3H3,(H,19,20,24). The largest absolute Gasteiger partial charge is 0.508 e. The Balaban J connectivity index is 1.87. The van der Waals surface area contributed by atoms with E-state index >= 15 is 0 Å². The second-order valence-corrected chi connectivity index (χ2v) is 7.36. The third kappa shape index (κ3) is 3.28. The molecule has 0 amide bonds. The number of aromatic nitrogens is 2. The van der Waals surface area contributed by atoms with Gasteiger partial charge in [0.15, 0.2) is 0 Å². The van der Waals surface area contributed by atoms with Gasteiger partial charge >= 0.3 is 0 Å². The van der Waals surface area contributed by atoms with E-state index in [0.29, 0.717) is 37.4 Å². The van der Waals surface area contributed by atoms with E-state index in [1.54, 1.807) is 6.07 Å². The van der Waals surface area contributed by atoms with Crippen molar-refractivity contribution in [3.8, 4) is 11.5 Å². The van der Waals surface area contributed by atoms with Crippen molar-refractivity contribution >= 4 is 0 Å². The van der Waals surface area contributed by atoms with Crippen LogP contribution in [0.1, 0.15) is 43.4 Å². The van der Waals surface area contributed by atoms with Gasteiger partial charge in [0.05, 0.1) is 5.69 Å². The van der Waals surface area contributed by atoms with Gasteiger partial charge in [-0.25, -0.2) is 4.98 Å². The summed E-state index contributed by atoms with van der Waals surface area (Å²) in [5.41, 5.74) is 1.94. The molecule has 128 valence electrons. The minimum atomic E-state index is -0.222. The van der Waals surface area contributed by atoms with Gasteiger partial charge in [0, 0.05) is 36.2 Å². The highest BCUT2D eigenvalue weighted by molar-refractivity contribution is 5.38. The van der Waals surface area contributed by atoms with Gasteiger partial charge in [-0.3, -0.25) is 9.69 Å². The molecule has 6 nitrogen and oxygen atoms in total. The minimum Gasteiger partial charge on any atom is -0.508 e. The van der Waals surface area contributed by atoms with Crippen molar-refractivity contribution in [2.45, 2.75) is 45.7 Å². The van der Waals surface area contributed by atoms with Crippen molar-refractivity contribution in [2.75, 3.05) is 6.54 Å². The number of hydrogen-bond acceptors (Lipinski definition) is 5. The summed E-state index contributed by atoms with van der Waals surface area (Å²) in [4.78, 5) is 22.0. The van der Waals surface area contributed by atoms with Crippen molar-refractivity contribution in [3.63, 3.8) is 0 Å². The number of fused-ring (bicyclic) bond motifs is 1. The number of rotatable bonds is 2. The van der Waals surface area contributed by atoms with E-state index in [-0.39, 0.29) is 22.5 Å². The maximum absolute atomic E-state index is 12.3. The number of nitrogens with zero attached hydrogens (tertiary/aromatic N) is 2. The average Bonchev–Trinajstić information content (AvgIpc) is 2.49. The van der Waals surface area contributed by atoms with E-state index in [9.17, 15) is 15.0 Å². The topological polar surface area (TPSA) is 89.5 Å². The van der Waals surface area contributed by atoms with Crippen LogP contribution in [0.4, 0.5) is 0 Å². The van der Waals surface area contributed by atoms with Gasteiger partial charge < -0.3 is 15.2 Å². The van der Waals surface area contributed by atoms with Crippen LogP contribution in [-0.2, 0) is 24.9 Å². The molecule has 0 atom stereocenters. The lowest BCUT2D eigenvalue weighted by Gasteiger charge is -2.29. The van der Waals surface area contributed by atoms with E-state index in [1.807, 2.05) is 20.8 Å². The SMILES string of the molecule is CC(C)(C)c1nc2c(c(=O)[nH]1)CCN(Cc1cc(O)ccc1O)C2. The van der Waals surface area contributed by atoms with Crippen LogP contribution >= 0.6 is 0 Å². The Labute approximate surface area is 140 Å². The summed E-state index contributed by atoms with van der Waals surface area (Å²) in [6, 6.07) is 4.51. The Morgan fingerprint density at radius 1 is 1.29 bits per heavy atom. The first-order chi connectivity index (χ1) is 11.2. The van der Waals surface area contributed by atoms with Crippen LogP contribution in [0.25, 0.3) is 0 Å². The summed E-state index contributed by atoms with van der Waals surface area (Å²) >= 11 is 0. The molecule has 1 aromatic heterocycles. The van der Waals surface area contributed by atoms with Gasteiger partial charge in [0.2, 0.25) is 0 Å². The van der Waals surface area contributed by atoms with Crippen LogP contribution in [0, 0.1) is 0 Å². The average molecular weight is 329 g/mol. The first-order valence-electron chi connectivity index (χ1n) is 8.10. The smallest absolute Gasteiger partial charge is 0.254 e. The van der Waals surface area contributed by atoms with Gasteiger partial charge in [-0.15, -0.1) is 0 Å². The molecule has 0 spiro atoms. The Hall–Kier alpha value is -2.34. The molecule has 1 aliphatic rings. The van der Waals surface area contributed by atoms with Gasteiger partial charge in [0.1, 0.15) is 17.3 Å². The molecule has 2 aromatic rings. The van der Waals surface area contributed by atoms with Crippen molar-refractivity contribution in [1.29, 1.82) is 0 Å². The minimum absolute atomic E-state index is 0.0511. The number of phenolic OH excluding ortho intramolecular Hbond substituents is 2. The summed E-state index contributed by atoms with van der Waals surface area (Å²) in [5.74, 6) is 0.978. The summed E-state index contributed by atoms with van der Waals surface area (Å²) in [5, 5.41) is 19.5. The van der Waals surface area contributed by atoms with Crippen molar-refractivity contribution in [2.24, 2.45) is 0 Å². The maximum atomic E-state index is 12.3. The number of aromatic hydroxyl groups is 2. The third-order valence-electron chi connectivity index (χ3n) is 4.32. The highest BCUT2D eigenvalue weighted by Gasteiger charge is 2.25. The molecule has 1 aromatic carbocycles. The molecule has 6 heteroatoms. The second kappa shape index (κ2) is 5.94. The molecule has 2 heterocycles. The molecule has 0 radical (unpaired) electrons. The molecule has 3 N–H and O–H groups in total. The zero-order valence-electron chi connectivity index (χ0n) is 14.3. The number of hydrogen-bond donors (Lipinski definition) is 3. The summed E-state index contributed by atoms with van der Waals surface area (Å²) in [6.07, 6.45) is 0.627. The summed E-state index contributed by atoms with van der Waals surface area (Å²) in [7, 11) is 0. The number of H-pyrrole nitrogens is 1. The van der Waals surface area contributed by atoms with Gasteiger partial charge in [0.25, 0.3) is 5.56 Å². The fraction of sp³-hybridized carbons (Fsp3) is 0.444. The zero-order valence-corrected chi connectivity index (χ0v) is 14.3. The molecule has 0 aliphatic carbocycles. The van der Waals surface area contributed by atoms with Crippen LogP contribution in [0.2, 0.25) is 0 Å². The van der Waals surface area contributed by atoms with E-state index in [2.05, 4.69) is 14.9 Å². The molecule has 0 saturated carbocycles. The Kier molecular flexibility index (Phi) is 4.09. The molecule has 3 rings (SSSR count). The second-order valence-electron chi connectivity index (χ2n) is 7.36. The van der Waals surface area contributed by atoms with E-state index in [0.717, 1.165) is 11.3 Å². The number of phenols is 2. The number of nitrogens with one attached hydrogen (secondary N) is 1. The molecule has 1 aliphatic heterocycles. The van der Waals surface area contributed by atoms with Gasteiger partial charge in [-0.2, -0.15) is 0 Å². The molecular weight excluding hydrogens is 306 g/mol. The molecule has 0 unspecified atom stereocenters. The van der Waals surface area contributed by atoms with Crippen LogP contribution in [0.5, 0.6) is 11.5 Å². The lowest BCUT2D eigenvalue weighted by molar-refractivity contribution is 0.236. The van der Waals surface area contributed by atoms with Crippen LogP contribution in [-0.4, -0.2) is 31.6 Å².